The first-order valence-corrected chi connectivity index (χ1v) is 11.5. The van der Waals surface area contributed by atoms with Crippen LogP contribution in [0.15, 0.2) is 35.1 Å². The molecule has 0 spiro atoms. The molecule has 12 heteroatoms. The van der Waals surface area contributed by atoms with Gasteiger partial charge in [-0.3, -0.25) is 4.79 Å². The van der Waals surface area contributed by atoms with Crippen LogP contribution in [0.25, 0.3) is 0 Å². The number of aromatic nitrogens is 3. The summed E-state index contributed by atoms with van der Waals surface area (Å²) in [4.78, 5) is 21.2. The van der Waals surface area contributed by atoms with Gasteiger partial charge in [-0.2, -0.15) is 13.2 Å². The smallest absolute Gasteiger partial charge is 0.419 e. The molecule has 186 valence electrons. The number of carbonyl (C=O) groups is 1. The van der Waals surface area contributed by atoms with Crippen LogP contribution in [0.3, 0.4) is 0 Å². The van der Waals surface area contributed by atoms with Gasteiger partial charge < -0.3 is 19.6 Å². The molecular formula is C23H22ClF4N5O2. The molecule has 0 bridgehead atoms. The maximum absolute atomic E-state index is 13.4. The van der Waals surface area contributed by atoms with E-state index in [0.29, 0.717) is 35.1 Å². The number of aryl methyl sites for hydroxylation is 1. The predicted octanol–water partition coefficient (Wildman–Crippen LogP) is 5.86. The SMILES string of the molecule is Cn1cnc(C2CC3CC(Nc4ncc(C(F)(F)F)o4)CC3C2)c1C(=O)Nc1ccc(F)c(Cl)c1. The highest BCUT2D eigenvalue weighted by Crippen LogP contribution is 2.51. The summed E-state index contributed by atoms with van der Waals surface area (Å²) >= 11 is 5.82. The maximum atomic E-state index is 13.4. The molecule has 2 aromatic heterocycles. The Hall–Kier alpha value is -3.08. The van der Waals surface area contributed by atoms with Crippen molar-refractivity contribution in [2.24, 2.45) is 18.9 Å². The molecule has 35 heavy (non-hydrogen) atoms. The van der Waals surface area contributed by atoms with E-state index in [1.165, 1.54) is 18.2 Å². The lowest BCUT2D eigenvalue weighted by atomic mass is 9.97. The van der Waals surface area contributed by atoms with Crippen molar-refractivity contribution in [3.63, 3.8) is 0 Å². The van der Waals surface area contributed by atoms with Gasteiger partial charge in [-0.1, -0.05) is 11.6 Å². The van der Waals surface area contributed by atoms with E-state index >= 15 is 0 Å². The molecule has 5 rings (SSSR count). The molecule has 2 aliphatic rings. The fourth-order valence-electron chi connectivity index (χ4n) is 5.39. The number of hydrogen-bond donors (Lipinski definition) is 2. The summed E-state index contributed by atoms with van der Waals surface area (Å²) in [5.74, 6) is -1.26. The summed E-state index contributed by atoms with van der Waals surface area (Å²) in [7, 11) is 1.74. The lowest BCUT2D eigenvalue weighted by molar-refractivity contribution is -0.152. The molecule has 2 aliphatic carbocycles. The standard InChI is InChI=1S/C23H22ClF4N5O2/c1-33-10-30-19(20(33)21(34)31-14-2-3-17(25)16(24)8-14)13-4-11-6-15(7-12(11)5-13)32-22-29-9-18(35-22)23(26,27)28/h2-3,8-13,15H,4-7H2,1H3,(H,29,32)(H,31,34). The number of benzene rings is 1. The van der Waals surface area contributed by atoms with E-state index in [1.807, 2.05) is 0 Å². The van der Waals surface area contributed by atoms with Crippen LogP contribution in [0.1, 0.15) is 53.5 Å². The van der Waals surface area contributed by atoms with Gasteiger partial charge in [-0.25, -0.2) is 14.4 Å². The Labute approximate surface area is 202 Å². The molecule has 2 N–H and O–H groups in total. The molecule has 2 fully saturated rings. The third kappa shape index (κ3) is 4.73. The number of halogens is 5. The molecule has 0 aliphatic heterocycles. The number of nitrogens with one attached hydrogen (secondary N) is 2. The van der Waals surface area contributed by atoms with Crippen molar-refractivity contribution in [3.05, 3.63) is 58.7 Å². The third-order valence-electron chi connectivity index (χ3n) is 6.87. The highest BCUT2D eigenvalue weighted by Gasteiger charge is 2.44. The van der Waals surface area contributed by atoms with Crippen molar-refractivity contribution in [2.75, 3.05) is 10.6 Å². The highest BCUT2D eigenvalue weighted by atomic mass is 35.5. The summed E-state index contributed by atoms with van der Waals surface area (Å²) in [6.45, 7) is 0. The van der Waals surface area contributed by atoms with Crippen LogP contribution in [-0.4, -0.2) is 26.5 Å². The summed E-state index contributed by atoms with van der Waals surface area (Å²) in [5, 5.41) is 5.66. The normalized spacial score (nSPS) is 23.9. The highest BCUT2D eigenvalue weighted by molar-refractivity contribution is 6.31. The molecule has 3 aromatic rings. The minimum absolute atomic E-state index is 0.0274. The minimum Gasteiger partial charge on any atom is -0.419 e. The summed E-state index contributed by atoms with van der Waals surface area (Å²) < 4.78 is 58.1. The van der Waals surface area contributed by atoms with E-state index in [2.05, 4.69) is 20.6 Å². The van der Waals surface area contributed by atoms with Gasteiger partial charge in [0.15, 0.2) is 0 Å². The fraction of sp³-hybridized carbons (Fsp3) is 0.435. The van der Waals surface area contributed by atoms with Crippen LogP contribution in [-0.2, 0) is 13.2 Å². The van der Waals surface area contributed by atoms with Gasteiger partial charge in [0.1, 0.15) is 11.5 Å². The van der Waals surface area contributed by atoms with Gasteiger partial charge in [0.25, 0.3) is 11.9 Å². The molecule has 1 aromatic carbocycles. The van der Waals surface area contributed by atoms with Crippen molar-refractivity contribution in [1.29, 1.82) is 0 Å². The number of hydrogen-bond acceptors (Lipinski definition) is 5. The van der Waals surface area contributed by atoms with Gasteiger partial charge >= 0.3 is 6.18 Å². The van der Waals surface area contributed by atoms with Gasteiger partial charge in [-0.05, 0) is 55.7 Å². The second kappa shape index (κ2) is 8.85. The minimum atomic E-state index is -4.57. The zero-order chi connectivity index (χ0) is 24.9. The van der Waals surface area contributed by atoms with E-state index in [-0.39, 0.29) is 28.9 Å². The zero-order valence-corrected chi connectivity index (χ0v) is 19.3. The largest absolute Gasteiger partial charge is 0.451 e. The number of fused-ring (bicyclic) bond motifs is 1. The number of oxazole rings is 1. The van der Waals surface area contributed by atoms with E-state index in [9.17, 15) is 22.4 Å². The molecule has 2 heterocycles. The van der Waals surface area contributed by atoms with Crippen LogP contribution in [0.2, 0.25) is 5.02 Å². The molecule has 0 saturated heterocycles. The van der Waals surface area contributed by atoms with E-state index in [4.69, 9.17) is 16.0 Å². The molecule has 2 unspecified atom stereocenters. The Balaban J connectivity index is 1.23. The number of alkyl halides is 3. The number of carbonyl (C=O) groups excluding carboxylic acids is 1. The lowest BCUT2D eigenvalue weighted by Crippen LogP contribution is -2.19. The van der Waals surface area contributed by atoms with E-state index in [1.54, 1.807) is 17.9 Å². The van der Waals surface area contributed by atoms with E-state index < -0.39 is 17.8 Å². The quantitative estimate of drug-likeness (QED) is 0.419. The van der Waals surface area contributed by atoms with Gasteiger partial charge in [0.2, 0.25) is 5.76 Å². The van der Waals surface area contributed by atoms with Gasteiger partial charge in [-0.15, -0.1) is 0 Å². The molecule has 2 atom stereocenters. The Morgan fingerprint density at radius 1 is 1.17 bits per heavy atom. The Morgan fingerprint density at radius 3 is 2.51 bits per heavy atom. The van der Waals surface area contributed by atoms with E-state index in [0.717, 1.165) is 25.7 Å². The van der Waals surface area contributed by atoms with Gasteiger partial charge in [0, 0.05) is 24.7 Å². The molecule has 7 nitrogen and oxygen atoms in total. The fourth-order valence-corrected chi connectivity index (χ4v) is 5.57. The van der Waals surface area contributed by atoms with Crippen LogP contribution < -0.4 is 10.6 Å². The second-order valence-electron chi connectivity index (χ2n) is 9.20. The molecular weight excluding hydrogens is 490 g/mol. The summed E-state index contributed by atoms with van der Waals surface area (Å²) in [5.41, 5.74) is 1.52. The molecule has 1 amide bonds. The lowest BCUT2D eigenvalue weighted by Gasteiger charge is -2.16. The van der Waals surface area contributed by atoms with Crippen LogP contribution >= 0.6 is 11.6 Å². The van der Waals surface area contributed by atoms with Crippen molar-refractivity contribution < 1.29 is 26.8 Å². The van der Waals surface area contributed by atoms with Crippen LogP contribution in [0.4, 0.5) is 29.3 Å². The maximum Gasteiger partial charge on any atom is 0.451 e. The molecule has 0 radical (unpaired) electrons. The van der Waals surface area contributed by atoms with Crippen molar-refractivity contribution in [1.82, 2.24) is 14.5 Å². The Kier molecular flexibility index (Phi) is 5.98. The average Bonchev–Trinajstić information content (AvgIpc) is 3.53. The van der Waals surface area contributed by atoms with Crippen molar-refractivity contribution in [3.8, 4) is 0 Å². The number of nitrogens with zero attached hydrogens (tertiary/aromatic N) is 3. The number of amides is 1. The first-order valence-electron chi connectivity index (χ1n) is 11.2. The van der Waals surface area contributed by atoms with Crippen LogP contribution in [0.5, 0.6) is 0 Å². The zero-order valence-electron chi connectivity index (χ0n) is 18.6. The second-order valence-corrected chi connectivity index (χ2v) is 9.61. The molecule has 2 saturated carbocycles. The Bertz CT molecular complexity index is 1240. The number of rotatable bonds is 5. The van der Waals surface area contributed by atoms with Crippen molar-refractivity contribution >= 4 is 29.2 Å². The Morgan fingerprint density at radius 2 is 1.89 bits per heavy atom. The average molecular weight is 512 g/mol. The monoisotopic (exact) mass is 511 g/mol. The predicted molar refractivity (Wildman–Crippen MR) is 120 cm³/mol. The first kappa shape index (κ1) is 23.7. The first-order chi connectivity index (χ1) is 16.6. The summed E-state index contributed by atoms with van der Waals surface area (Å²) in [6, 6.07) is 3.83. The van der Waals surface area contributed by atoms with Gasteiger partial charge in [0.05, 0.1) is 23.2 Å². The topological polar surface area (TPSA) is 85.0 Å². The third-order valence-corrected chi connectivity index (χ3v) is 7.16. The number of anilines is 2. The summed E-state index contributed by atoms with van der Waals surface area (Å²) in [6.07, 6.45) is 0.898. The number of imidazole rings is 1. The van der Waals surface area contributed by atoms with Crippen molar-refractivity contribution in [2.45, 2.75) is 43.8 Å². The van der Waals surface area contributed by atoms with Crippen LogP contribution in [0, 0.1) is 17.7 Å².